The van der Waals surface area contributed by atoms with Gasteiger partial charge in [0.25, 0.3) is 0 Å². The van der Waals surface area contributed by atoms with Crippen molar-refractivity contribution < 1.29 is 0 Å². The summed E-state index contributed by atoms with van der Waals surface area (Å²) in [6.45, 7) is 1.86. The van der Waals surface area contributed by atoms with Gasteiger partial charge in [0.2, 0.25) is 0 Å². The second-order valence-electron chi connectivity index (χ2n) is 2.38. The molecular formula is C7H8Cl2N2. The van der Waals surface area contributed by atoms with Gasteiger partial charge in [0, 0.05) is 19.3 Å². The first-order valence-electron chi connectivity index (χ1n) is 3.20. The fourth-order valence-electron chi connectivity index (χ4n) is 1.15. The number of halogens is 2. The van der Waals surface area contributed by atoms with Crippen LogP contribution in [0.1, 0.15) is 11.1 Å². The van der Waals surface area contributed by atoms with Crippen molar-refractivity contribution in [2.75, 3.05) is 0 Å². The van der Waals surface area contributed by atoms with Crippen molar-refractivity contribution in [3.05, 3.63) is 28.5 Å². The maximum Gasteiger partial charge on any atom is 0.129 e. The molecule has 0 atom stereocenters. The second-order valence-corrected chi connectivity index (χ2v) is 2.77. The Labute approximate surface area is 76.4 Å². The van der Waals surface area contributed by atoms with Crippen molar-refractivity contribution >= 4 is 24.0 Å². The van der Waals surface area contributed by atoms with E-state index in [0.717, 1.165) is 13.1 Å². The lowest BCUT2D eigenvalue weighted by molar-refractivity contribution is 0.764. The summed E-state index contributed by atoms with van der Waals surface area (Å²) in [5.74, 6) is 0. The average molecular weight is 191 g/mol. The van der Waals surface area contributed by atoms with Crippen molar-refractivity contribution in [1.29, 1.82) is 0 Å². The van der Waals surface area contributed by atoms with Crippen LogP contribution in [0.25, 0.3) is 0 Å². The summed E-state index contributed by atoms with van der Waals surface area (Å²) in [4.78, 5) is 3.98. The molecule has 2 heterocycles. The molecule has 0 saturated heterocycles. The molecule has 0 unspecified atom stereocenters. The van der Waals surface area contributed by atoms with Gasteiger partial charge in [0.05, 0.1) is 0 Å². The lowest BCUT2D eigenvalue weighted by atomic mass is 10.2. The number of nitrogens with one attached hydrogen (secondary N) is 1. The standard InChI is InChI=1S/C7H7ClN2.ClH/c8-7-1-5-2-9-3-6(5)4-10-7;/h1,4,9H,2-3H2;1H. The highest BCUT2D eigenvalue weighted by molar-refractivity contribution is 6.29. The Balaban J connectivity index is 0.000000605. The largest absolute Gasteiger partial charge is 0.309 e. The van der Waals surface area contributed by atoms with E-state index in [9.17, 15) is 0 Å². The van der Waals surface area contributed by atoms with Crippen molar-refractivity contribution in [2.45, 2.75) is 13.1 Å². The van der Waals surface area contributed by atoms with Crippen LogP contribution in [-0.2, 0) is 13.1 Å². The fraction of sp³-hybridized carbons (Fsp3) is 0.286. The van der Waals surface area contributed by atoms with Gasteiger partial charge in [-0.25, -0.2) is 4.98 Å². The Hall–Kier alpha value is -0.310. The SMILES string of the molecule is Cl.Clc1cc2c(cn1)CNC2. The van der Waals surface area contributed by atoms with E-state index in [1.807, 2.05) is 12.3 Å². The fourth-order valence-corrected chi connectivity index (χ4v) is 1.33. The van der Waals surface area contributed by atoms with Gasteiger partial charge in [0.15, 0.2) is 0 Å². The Bertz CT molecular complexity index is 263. The van der Waals surface area contributed by atoms with Crippen LogP contribution < -0.4 is 5.32 Å². The number of hydrogen-bond donors (Lipinski definition) is 1. The molecule has 60 valence electrons. The Morgan fingerprint density at radius 2 is 2.09 bits per heavy atom. The number of rotatable bonds is 0. The Kier molecular flexibility index (Phi) is 2.71. The van der Waals surface area contributed by atoms with Crippen LogP contribution >= 0.6 is 24.0 Å². The molecule has 0 radical (unpaired) electrons. The molecule has 0 spiro atoms. The lowest BCUT2D eigenvalue weighted by Gasteiger charge is -1.94. The van der Waals surface area contributed by atoms with Gasteiger partial charge in [-0.05, 0) is 17.2 Å². The molecule has 1 aromatic rings. The maximum absolute atomic E-state index is 5.68. The zero-order chi connectivity index (χ0) is 6.97. The van der Waals surface area contributed by atoms with Crippen LogP contribution in [0.4, 0.5) is 0 Å². The van der Waals surface area contributed by atoms with E-state index in [1.54, 1.807) is 0 Å². The quantitative estimate of drug-likeness (QED) is 0.632. The minimum atomic E-state index is 0. The average Bonchev–Trinajstić information content (AvgIpc) is 2.33. The van der Waals surface area contributed by atoms with Crippen LogP contribution in [-0.4, -0.2) is 4.98 Å². The predicted molar refractivity (Wildman–Crippen MR) is 47.0 cm³/mol. The normalized spacial score (nSPS) is 13.9. The molecule has 1 aliphatic rings. The third-order valence-electron chi connectivity index (χ3n) is 1.68. The summed E-state index contributed by atoms with van der Waals surface area (Å²) < 4.78 is 0. The van der Waals surface area contributed by atoms with Gasteiger partial charge in [-0.1, -0.05) is 11.6 Å². The monoisotopic (exact) mass is 190 g/mol. The zero-order valence-electron chi connectivity index (χ0n) is 5.80. The highest BCUT2D eigenvalue weighted by atomic mass is 35.5. The van der Waals surface area contributed by atoms with Crippen molar-refractivity contribution in [3.63, 3.8) is 0 Å². The Morgan fingerprint density at radius 1 is 1.36 bits per heavy atom. The summed E-state index contributed by atoms with van der Waals surface area (Å²) in [5.41, 5.74) is 2.55. The number of aromatic nitrogens is 1. The minimum absolute atomic E-state index is 0. The number of hydrogen-bond acceptors (Lipinski definition) is 2. The van der Waals surface area contributed by atoms with Gasteiger partial charge >= 0.3 is 0 Å². The van der Waals surface area contributed by atoms with Crippen LogP contribution in [0.2, 0.25) is 5.15 Å². The molecule has 0 amide bonds. The highest BCUT2D eigenvalue weighted by Gasteiger charge is 2.09. The lowest BCUT2D eigenvalue weighted by Crippen LogP contribution is -1.99. The maximum atomic E-state index is 5.68. The van der Waals surface area contributed by atoms with Crippen molar-refractivity contribution in [3.8, 4) is 0 Å². The molecule has 1 aliphatic heterocycles. The summed E-state index contributed by atoms with van der Waals surface area (Å²) in [7, 11) is 0. The molecule has 1 N–H and O–H groups in total. The number of fused-ring (bicyclic) bond motifs is 1. The van der Waals surface area contributed by atoms with Gasteiger partial charge in [0.1, 0.15) is 5.15 Å². The summed E-state index contributed by atoms with van der Waals surface area (Å²) >= 11 is 5.68. The molecule has 11 heavy (non-hydrogen) atoms. The smallest absolute Gasteiger partial charge is 0.129 e. The van der Waals surface area contributed by atoms with Crippen LogP contribution in [0, 0.1) is 0 Å². The summed E-state index contributed by atoms with van der Waals surface area (Å²) in [6.07, 6.45) is 1.83. The Morgan fingerprint density at radius 3 is 2.91 bits per heavy atom. The molecule has 0 aliphatic carbocycles. The van der Waals surface area contributed by atoms with Gasteiger partial charge in [-0.15, -0.1) is 12.4 Å². The van der Waals surface area contributed by atoms with E-state index in [0.29, 0.717) is 5.15 Å². The van der Waals surface area contributed by atoms with Crippen LogP contribution in [0.3, 0.4) is 0 Å². The zero-order valence-corrected chi connectivity index (χ0v) is 7.37. The number of nitrogens with zero attached hydrogens (tertiary/aromatic N) is 1. The molecule has 1 aromatic heterocycles. The molecule has 0 aromatic carbocycles. The molecule has 2 rings (SSSR count). The van der Waals surface area contributed by atoms with Crippen molar-refractivity contribution in [2.24, 2.45) is 0 Å². The van der Waals surface area contributed by atoms with E-state index in [1.165, 1.54) is 11.1 Å². The minimum Gasteiger partial charge on any atom is -0.309 e. The third-order valence-corrected chi connectivity index (χ3v) is 1.89. The molecule has 0 fully saturated rings. The van der Waals surface area contributed by atoms with E-state index in [2.05, 4.69) is 10.3 Å². The van der Waals surface area contributed by atoms with Gasteiger partial charge < -0.3 is 5.32 Å². The molecule has 0 bridgehead atoms. The molecular weight excluding hydrogens is 183 g/mol. The molecule has 2 nitrogen and oxygen atoms in total. The van der Waals surface area contributed by atoms with E-state index in [4.69, 9.17) is 11.6 Å². The van der Waals surface area contributed by atoms with E-state index in [-0.39, 0.29) is 12.4 Å². The van der Waals surface area contributed by atoms with Crippen LogP contribution in [0.5, 0.6) is 0 Å². The number of pyridine rings is 1. The first-order valence-corrected chi connectivity index (χ1v) is 3.58. The van der Waals surface area contributed by atoms with E-state index < -0.39 is 0 Å². The van der Waals surface area contributed by atoms with Crippen molar-refractivity contribution in [1.82, 2.24) is 10.3 Å². The van der Waals surface area contributed by atoms with Gasteiger partial charge in [-0.2, -0.15) is 0 Å². The second kappa shape index (κ2) is 3.39. The third kappa shape index (κ3) is 1.64. The first-order chi connectivity index (χ1) is 4.86. The topological polar surface area (TPSA) is 24.9 Å². The first kappa shape index (κ1) is 8.78. The molecule has 4 heteroatoms. The van der Waals surface area contributed by atoms with Gasteiger partial charge in [-0.3, -0.25) is 0 Å². The highest BCUT2D eigenvalue weighted by Crippen LogP contribution is 2.16. The molecule has 0 saturated carbocycles. The van der Waals surface area contributed by atoms with E-state index >= 15 is 0 Å². The summed E-state index contributed by atoms with van der Waals surface area (Å²) in [6, 6.07) is 1.91. The predicted octanol–water partition coefficient (Wildman–Crippen LogP) is 1.76. The van der Waals surface area contributed by atoms with Crippen LogP contribution in [0.15, 0.2) is 12.3 Å². The summed E-state index contributed by atoms with van der Waals surface area (Å²) in [5, 5.41) is 3.80.